The fourth-order valence-electron chi connectivity index (χ4n) is 3.49. The molecule has 3 aromatic rings. The van der Waals surface area contributed by atoms with Crippen LogP contribution in [0, 0.1) is 12.7 Å². The van der Waals surface area contributed by atoms with Crippen LogP contribution in [-0.2, 0) is 11.2 Å². The van der Waals surface area contributed by atoms with Gasteiger partial charge in [0, 0.05) is 19.7 Å². The highest BCUT2D eigenvalue weighted by Gasteiger charge is 2.20. The first kappa shape index (κ1) is 19.7. The summed E-state index contributed by atoms with van der Waals surface area (Å²) >= 11 is 1.37. The van der Waals surface area contributed by atoms with Crippen molar-refractivity contribution in [2.45, 2.75) is 32.3 Å². The topological polar surface area (TPSA) is 76.1 Å². The molecule has 8 heteroatoms. The highest BCUT2D eigenvalue weighted by atomic mass is 32.1. The number of nitrogens with one attached hydrogen (secondary N) is 2. The summed E-state index contributed by atoms with van der Waals surface area (Å²) < 4.78 is 18.6. The molecule has 1 fully saturated rings. The van der Waals surface area contributed by atoms with Gasteiger partial charge in [0.15, 0.2) is 0 Å². The van der Waals surface area contributed by atoms with E-state index in [-0.39, 0.29) is 17.8 Å². The van der Waals surface area contributed by atoms with Crippen LogP contribution in [0.2, 0.25) is 0 Å². The van der Waals surface area contributed by atoms with Crippen molar-refractivity contribution >= 4 is 33.3 Å². The number of fused-ring (bicyclic) bond motifs is 1. The molecule has 0 radical (unpaired) electrons. The molecule has 1 aliphatic heterocycles. The Morgan fingerprint density at radius 1 is 1.31 bits per heavy atom. The molecule has 29 heavy (non-hydrogen) atoms. The predicted octanol–water partition coefficient (Wildman–Crippen LogP) is 3.70. The number of carbonyl (C=O) groups excluding carboxylic acids is 1. The number of anilines is 1. The van der Waals surface area contributed by atoms with Crippen molar-refractivity contribution < 1.29 is 13.9 Å². The lowest BCUT2D eigenvalue weighted by Gasteiger charge is -2.12. The Hall–Kier alpha value is -2.58. The van der Waals surface area contributed by atoms with Crippen molar-refractivity contribution in [1.29, 1.82) is 0 Å². The van der Waals surface area contributed by atoms with Gasteiger partial charge in [-0.05, 0) is 49.4 Å². The zero-order valence-corrected chi connectivity index (χ0v) is 17.0. The number of carbonyl (C=O) groups is 1. The van der Waals surface area contributed by atoms with Crippen LogP contribution in [0.5, 0.6) is 0 Å². The first-order valence-corrected chi connectivity index (χ1v) is 10.6. The lowest BCUT2D eigenvalue weighted by Crippen LogP contribution is -2.25. The standard InChI is InChI=1S/C21H23FN4O2S/c1-13-17-19(24-11-16-3-2-10-28-16)25-12-26-21(17)29-18(13)20(27)23-9-8-14-4-6-15(22)7-5-14/h4-7,12,16H,2-3,8-11H2,1H3,(H,23,27)(H,24,25,26). The molecule has 0 spiro atoms. The molecule has 1 saturated heterocycles. The van der Waals surface area contributed by atoms with E-state index in [1.54, 1.807) is 12.1 Å². The second kappa shape index (κ2) is 8.84. The van der Waals surface area contributed by atoms with E-state index in [1.807, 2.05) is 6.92 Å². The van der Waals surface area contributed by atoms with Crippen LogP contribution in [0.3, 0.4) is 0 Å². The largest absolute Gasteiger partial charge is 0.376 e. The number of aryl methyl sites for hydroxylation is 1. The molecule has 2 aromatic heterocycles. The van der Waals surface area contributed by atoms with Gasteiger partial charge >= 0.3 is 0 Å². The molecule has 4 rings (SSSR count). The summed E-state index contributed by atoms with van der Waals surface area (Å²) in [5.41, 5.74) is 1.85. The fourth-order valence-corrected chi connectivity index (χ4v) is 4.55. The van der Waals surface area contributed by atoms with E-state index >= 15 is 0 Å². The van der Waals surface area contributed by atoms with E-state index in [0.29, 0.717) is 24.4 Å². The maximum Gasteiger partial charge on any atom is 0.261 e. The number of benzene rings is 1. The number of thiophene rings is 1. The van der Waals surface area contributed by atoms with Crippen LogP contribution >= 0.6 is 11.3 Å². The van der Waals surface area contributed by atoms with Crippen molar-refractivity contribution in [3.05, 3.63) is 52.4 Å². The summed E-state index contributed by atoms with van der Waals surface area (Å²) in [5.74, 6) is 0.353. The van der Waals surface area contributed by atoms with Gasteiger partial charge in [0.25, 0.3) is 5.91 Å². The maximum absolute atomic E-state index is 13.0. The van der Waals surface area contributed by atoms with Crippen LogP contribution in [0.4, 0.5) is 10.2 Å². The summed E-state index contributed by atoms with van der Waals surface area (Å²) in [6.07, 6.45) is 4.50. The van der Waals surface area contributed by atoms with Crippen LogP contribution in [-0.4, -0.2) is 41.7 Å². The van der Waals surface area contributed by atoms with E-state index in [4.69, 9.17) is 4.74 Å². The number of halogens is 1. The maximum atomic E-state index is 13.0. The SMILES string of the molecule is Cc1c(C(=O)NCCc2ccc(F)cc2)sc2ncnc(NCC3CCCO3)c12. The Morgan fingerprint density at radius 2 is 2.14 bits per heavy atom. The Kier molecular flexibility index (Phi) is 6.01. The summed E-state index contributed by atoms with van der Waals surface area (Å²) in [5, 5.41) is 7.20. The molecule has 3 heterocycles. The third-order valence-corrected chi connectivity index (χ3v) is 6.27. The monoisotopic (exact) mass is 414 g/mol. The first-order valence-electron chi connectivity index (χ1n) is 9.74. The van der Waals surface area contributed by atoms with Crippen LogP contribution in [0.15, 0.2) is 30.6 Å². The van der Waals surface area contributed by atoms with Gasteiger partial charge in [0.2, 0.25) is 0 Å². The van der Waals surface area contributed by atoms with Crippen molar-refractivity contribution in [3.63, 3.8) is 0 Å². The zero-order chi connectivity index (χ0) is 20.2. The van der Waals surface area contributed by atoms with E-state index in [0.717, 1.165) is 46.6 Å². The quantitative estimate of drug-likeness (QED) is 0.617. The third-order valence-electron chi connectivity index (χ3n) is 5.07. The molecule has 6 nitrogen and oxygen atoms in total. The smallest absolute Gasteiger partial charge is 0.261 e. The minimum Gasteiger partial charge on any atom is -0.376 e. The van der Waals surface area contributed by atoms with Crippen LogP contribution < -0.4 is 10.6 Å². The lowest BCUT2D eigenvalue weighted by atomic mass is 10.1. The van der Waals surface area contributed by atoms with Crippen molar-refractivity contribution in [1.82, 2.24) is 15.3 Å². The van der Waals surface area contributed by atoms with Gasteiger partial charge in [-0.3, -0.25) is 4.79 Å². The Labute approximate surface area is 172 Å². The number of rotatable bonds is 7. The molecule has 1 unspecified atom stereocenters. The van der Waals surface area contributed by atoms with Gasteiger partial charge in [-0.25, -0.2) is 14.4 Å². The number of amides is 1. The molecule has 1 aromatic carbocycles. The molecule has 1 amide bonds. The van der Waals surface area contributed by atoms with Gasteiger partial charge in [0.05, 0.1) is 16.4 Å². The molecule has 2 N–H and O–H groups in total. The Bertz CT molecular complexity index is 1000. The van der Waals surface area contributed by atoms with E-state index in [9.17, 15) is 9.18 Å². The molecule has 152 valence electrons. The van der Waals surface area contributed by atoms with Gasteiger partial charge in [0.1, 0.15) is 22.8 Å². The van der Waals surface area contributed by atoms with E-state index in [1.165, 1.54) is 29.8 Å². The zero-order valence-electron chi connectivity index (χ0n) is 16.2. The average molecular weight is 415 g/mol. The Morgan fingerprint density at radius 3 is 2.90 bits per heavy atom. The minimum absolute atomic E-state index is 0.127. The van der Waals surface area contributed by atoms with Crippen molar-refractivity contribution in [2.75, 3.05) is 25.0 Å². The van der Waals surface area contributed by atoms with Gasteiger partial charge < -0.3 is 15.4 Å². The third kappa shape index (κ3) is 4.54. The summed E-state index contributed by atoms with van der Waals surface area (Å²) in [6, 6.07) is 6.32. The normalized spacial score (nSPS) is 16.3. The Balaban J connectivity index is 1.44. The number of ether oxygens (including phenoxy) is 1. The lowest BCUT2D eigenvalue weighted by molar-refractivity contribution is 0.0957. The number of hydrogen-bond acceptors (Lipinski definition) is 6. The molecule has 1 aliphatic rings. The first-order chi connectivity index (χ1) is 14.1. The van der Waals surface area contributed by atoms with Crippen LogP contribution in [0.1, 0.15) is 33.6 Å². The van der Waals surface area contributed by atoms with E-state index < -0.39 is 0 Å². The molecule has 1 atom stereocenters. The van der Waals surface area contributed by atoms with Gasteiger partial charge in [-0.1, -0.05) is 12.1 Å². The van der Waals surface area contributed by atoms with Gasteiger partial charge in [-0.2, -0.15) is 0 Å². The number of nitrogens with zero attached hydrogens (tertiary/aromatic N) is 2. The summed E-state index contributed by atoms with van der Waals surface area (Å²) in [7, 11) is 0. The average Bonchev–Trinajstić information content (AvgIpc) is 3.36. The minimum atomic E-state index is -0.260. The molecule has 0 saturated carbocycles. The van der Waals surface area contributed by atoms with Crippen molar-refractivity contribution in [3.8, 4) is 0 Å². The predicted molar refractivity (Wildman–Crippen MR) is 112 cm³/mol. The van der Waals surface area contributed by atoms with Crippen LogP contribution in [0.25, 0.3) is 10.2 Å². The molecular weight excluding hydrogens is 391 g/mol. The molecule has 0 aliphatic carbocycles. The second-order valence-corrected chi connectivity index (χ2v) is 8.11. The van der Waals surface area contributed by atoms with Gasteiger partial charge in [-0.15, -0.1) is 11.3 Å². The summed E-state index contributed by atoms with van der Waals surface area (Å²) in [4.78, 5) is 22.9. The number of hydrogen-bond donors (Lipinski definition) is 2. The second-order valence-electron chi connectivity index (χ2n) is 7.11. The summed E-state index contributed by atoms with van der Waals surface area (Å²) in [6.45, 7) is 3.91. The highest BCUT2D eigenvalue weighted by Crippen LogP contribution is 2.33. The van der Waals surface area contributed by atoms with Crippen molar-refractivity contribution in [2.24, 2.45) is 0 Å². The molecule has 0 bridgehead atoms. The van der Waals surface area contributed by atoms with E-state index in [2.05, 4.69) is 20.6 Å². The highest BCUT2D eigenvalue weighted by molar-refractivity contribution is 7.20. The molecular formula is C21H23FN4O2S. The number of aromatic nitrogens is 2. The fraction of sp³-hybridized carbons (Fsp3) is 0.381.